The largest absolute Gasteiger partial charge is 0.493 e. The van der Waals surface area contributed by atoms with Gasteiger partial charge in [0.2, 0.25) is 0 Å². The zero-order valence-electron chi connectivity index (χ0n) is 8.92. The van der Waals surface area contributed by atoms with Crippen LogP contribution in [0.3, 0.4) is 0 Å². The predicted molar refractivity (Wildman–Crippen MR) is 60.6 cm³/mol. The summed E-state index contributed by atoms with van der Waals surface area (Å²) in [6.45, 7) is 4.32. The number of benzene rings is 1. The van der Waals surface area contributed by atoms with Crippen LogP contribution in [0.4, 0.5) is 4.39 Å². The van der Waals surface area contributed by atoms with Crippen molar-refractivity contribution in [2.75, 3.05) is 6.61 Å². The normalized spacial score (nSPS) is 9.93. The summed E-state index contributed by atoms with van der Waals surface area (Å²) in [6.07, 6.45) is 6.26. The van der Waals surface area contributed by atoms with Crippen molar-refractivity contribution in [3.63, 3.8) is 0 Å². The van der Waals surface area contributed by atoms with E-state index >= 15 is 0 Å². The lowest BCUT2D eigenvalue weighted by Gasteiger charge is -2.05. The van der Waals surface area contributed by atoms with E-state index in [1.54, 1.807) is 12.1 Å². The zero-order chi connectivity index (χ0) is 10.9. The third-order valence-electron chi connectivity index (χ3n) is 2.12. The topological polar surface area (TPSA) is 9.23 Å². The second kappa shape index (κ2) is 7.04. The molecule has 0 N–H and O–H groups in total. The lowest BCUT2D eigenvalue weighted by Crippen LogP contribution is -1.97. The van der Waals surface area contributed by atoms with E-state index < -0.39 is 0 Å². The first-order valence-corrected chi connectivity index (χ1v) is 5.32. The molecule has 1 nitrogen and oxygen atoms in total. The maximum Gasteiger partial charge on any atom is 0.126 e. The maximum absolute atomic E-state index is 12.8. The summed E-state index contributed by atoms with van der Waals surface area (Å²) in [7, 11) is 0. The SMILES string of the molecule is C=CCCCCCOc1cccc(F)c1. The molecule has 0 fully saturated rings. The Balaban J connectivity index is 2.12. The fourth-order valence-electron chi connectivity index (χ4n) is 1.31. The van der Waals surface area contributed by atoms with Crippen LogP contribution in [-0.4, -0.2) is 6.61 Å². The van der Waals surface area contributed by atoms with Crippen LogP contribution >= 0.6 is 0 Å². The maximum atomic E-state index is 12.8. The summed E-state index contributed by atoms with van der Waals surface area (Å²) in [5.41, 5.74) is 0. The van der Waals surface area contributed by atoms with Crippen LogP contribution in [0.25, 0.3) is 0 Å². The molecule has 0 bridgehead atoms. The van der Waals surface area contributed by atoms with Gasteiger partial charge < -0.3 is 4.74 Å². The molecule has 1 rings (SSSR count). The van der Waals surface area contributed by atoms with Gasteiger partial charge in [-0.25, -0.2) is 4.39 Å². The number of ether oxygens (including phenoxy) is 1. The van der Waals surface area contributed by atoms with Crippen LogP contribution in [0.2, 0.25) is 0 Å². The van der Waals surface area contributed by atoms with Gasteiger partial charge in [-0.15, -0.1) is 6.58 Å². The van der Waals surface area contributed by atoms with Gasteiger partial charge in [0, 0.05) is 6.07 Å². The Labute approximate surface area is 90.6 Å². The molecule has 0 saturated heterocycles. The summed E-state index contributed by atoms with van der Waals surface area (Å²) < 4.78 is 18.2. The third kappa shape index (κ3) is 5.21. The Kier molecular flexibility index (Phi) is 5.52. The van der Waals surface area contributed by atoms with Crippen LogP contribution in [0.15, 0.2) is 36.9 Å². The van der Waals surface area contributed by atoms with Gasteiger partial charge in [-0.05, 0) is 37.8 Å². The first kappa shape index (κ1) is 11.8. The standard InChI is InChI=1S/C13H17FO/c1-2-3-4-5-6-10-15-13-9-7-8-12(14)11-13/h2,7-9,11H,1,3-6,10H2. The van der Waals surface area contributed by atoms with Crippen molar-refractivity contribution in [1.82, 2.24) is 0 Å². The number of allylic oxidation sites excluding steroid dienone is 1. The molecule has 0 aromatic heterocycles. The van der Waals surface area contributed by atoms with Gasteiger partial charge >= 0.3 is 0 Å². The summed E-state index contributed by atoms with van der Waals surface area (Å²) in [5.74, 6) is 0.359. The molecular weight excluding hydrogens is 191 g/mol. The lowest BCUT2D eigenvalue weighted by atomic mass is 10.2. The Hall–Kier alpha value is -1.31. The van der Waals surface area contributed by atoms with Gasteiger partial charge in [0.1, 0.15) is 11.6 Å². The van der Waals surface area contributed by atoms with Crippen molar-refractivity contribution in [1.29, 1.82) is 0 Å². The average molecular weight is 208 g/mol. The van der Waals surface area contributed by atoms with E-state index in [2.05, 4.69) is 6.58 Å². The second-order valence-electron chi connectivity index (χ2n) is 3.44. The highest BCUT2D eigenvalue weighted by molar-refractivity contribution is 5.22. The van der Waals surface area contributed by atoms with Crippen LogP contribution in [0.5, 0.6) is 5.75 Å². The second-order valence-corrected chi connectivity index (χ2v) is 3.44. The summed E-state index contributed by atoms with van der Waals surface area (Å²) in [5, 5.41) is 0. The van der Waals surface area contributed by atoms with Gasteiger partial charge in [0.15, 0.2) is 0 Å². The fraction of sp³-hybridized carbons (Fsp3) is 0.385. The molecule has 0 radical (unpaired) electrons. The average Bonchev–Trinajstić information content (AvgIpc) is 2.23. The molecular formula is C13H17FO. The van der Waals surface area contributed by atoms with E-state index in [9.17, 15) is 4.39 Å². The van der Waals surface area contributed by atoms with Crippen LogP contribution in [-0.2, 0) is 0 Å². The molecule has 0 saturated carbocycles. The smallest absolute Gasteiger partial charge is 0.126 e. The third-order valence-corrected chi connectivity index (χ3v) is 2.12. The molecule has 0 atom stereocenters. The molecule has 0 heterocycles. The van der Waals surface area contributed by atoms with Gasteiger partial charge in [-0.1, -0.05) is 12.1 Å². The van der Waals surface area contributed by atoms with Crippen molar-refractivity contribution in [2.45, 2.75) is 25.7 Å². The molecule has 15 heavy (non-hydrogen) atoms. The zero-order valence-corrected chi connectivity index (χ0v) is 8.92. The highest BCUT2D eigenvalue weighted by atomic mass is 19.1. The van der Waals surface area contributed by atoms with Crippen LogP contribution in [0, 0.1) is 5.82 Å². The van der Waals surface area contributed by atoms with Crippen molar-refractivity contribution in [3.8, 4) is 5.75 Å². The first-order chi connectivity index (χ1) is 7.33. The number of unbranched alkanes of at least 4 members (excludes halogenated alkanes) is 3. The minimum absolute atomic E-state index is 0.251. The monoisotopic (exact) mass is 208 g/mol. The molecule has 0 unspecified atom stereocenters. The van der Waals surface area contributed by atoms with Crippen LogP contribution < -0.4 is 4.74 Å². The molecule has 0 spiro atoms. The van der Waals surface area contributed by atoms with E-state index in [1.165, 1.54) is 12.1 Å². The summed E-state index contributed by atoms with van der Waals surface area (Å²) >= 11 is 0. The van der Waals surface area contributed by atoms with Gasteiger partial charge in [-0.3, -0.25) is 0 Å². The number of rotatable bonds is 7. The van der Waals surface area contributed by atoms with Crippen molar-refractivity contribution >= 4 is 0 Å². The van der Waals surface area contributed by atoms with Crippen molar-refractivity contribution < 1.29 is 9.13 Å². The highest BCUT2D eigenvalue weighted by Crippen LogP contribution is 2.12. The van der Waals surface area contributed by atoms with E-state index in [-0.39, 0.29) is 5.82 Å². The summed E-state index contributed by atoms with van der Waals surface area (Å²) in [6, 6.07) is 6.25. The molecule has 0 aliphatic rings. The molecule has 82 valence electrons. The lowest BCUT2D eigenvalue weighted by molar-refractivity contribution is 0.304. The number of hydrogen-bond donors (Lipinski definition) is 0. The Morgan fingerprint density at radius 3 is 2.87 bits per heavy atom. The minimum atomic E-state index is -0.251. The molecule has 0 aliphatic heterocycles. The first-order valence-electron chi connectivity index (χ1n) is 5.32. The quantitative estimate of drug-likeness (QED) is 0.487. The molecule has 2 heteroatoms. The fourth-order valence-corrected chi connectivity index (χ4v) is 1.31. The van der Waals surface area contributed by atoms with E-state index in [0.29, 0.717) is 12.4 Å². The Morgan fingerprint density at radius 1 is 1.27 bits per heavy atom. The highest BCUT2D eigenvalue weighted by Gasteiger charge is 1.95. The minimum Gasteiger partial charge on any atom is -0.493 e. The summed E-state index contributed by atoms with van der Waals surface area (Å²) in [4.78, 5) is 0. The molecule has 1 aromatic rings. The van der Waals surface area contributed by atoms with Gasteiger partial charge in [-0.2, -0.15) is 0 Å². The van der Waals surface area contributed by atoms with E-state index in [0.717, 1.165) is 25.7 Å². The van der Waals surface area contributed by atoms with Crippen molar-refractivity contribution in [2.24, 2.45) is 0 Å². The molecule has 0 amide bonds. The van der Waals surface area contributed by atoms with Gasteiger partial charge in [0.25, 0.3) is 0 Å². The van der Waals surface area contributed by atoms with E-state index in [1.807, 2.05) is 6.08 Å². The Morgan fingerprint density at radius 2 is 2.13 bits per heavy atom. The Bertz CT molecular complexity index is 296. The number of hydrogen-bond acceptors (Lipinski definition) is 1. The predicted octanol–water partition coefficient (Wildman–Crippen LogP) is 3.95. The molecule has 0 aliphatic carbocycles. The number of halogens is 1. The van der Waals surface area contributed by atoms with Gasteiger partial charge in [0.05, 0.1) is 6.61 Å². The molecule has 1 aromatic carbocycles. The van der Waals surface area contributed by atoms with E-state index in [4.69, 9.17) is 4.74 Å². The van der Waals surface area contributed by atoms with Crippen molar-refractivity contribution in [3.05, 3.63) is 42.7 Å². The van der Waals surface area contributed by atoms with Crippen LogP contribution in [0.1, 0.15) is 25.7 Å².